The number of Topliss-reactive ketones (excluding diaryl/α,β-unsaturated/α-hetero) is 1. The highest BCUT2D eigenvalue weighted by Crippen LogP contribution is 2.32. The molecule has 0 bridgehead atoms. The Hall–Kier alpha value is -3.77. The third kappa shape index (κ3) is 3.38. The van der Waals surface area contributed by atoms with E-state index in [0.717, 1.165) is 20.6 Å². The summed E-state index contributed by atoms with van der Waals surface area (Å²) in [6.45, 7) is -0.396. The van der Waals surface area contributed by atoms with Gasteiger partial charge in [-0.1, -0.05) is 48.5 Å². The first kappa shape index (κ1) is 18.3. The van der Waals surface area contributed by atoms with Crippen LogP contribution in [0.4, 0.5) is 0 Å². The van der Waals surface area contributed by atoms with E-state index in [2.05, 4.69) is 4.98 Å². The lowest BCUT2D eigenvalue weighted by atomic mass is 10.1. The van der Waals surface area contributed by atoms with Crippen molar-refractivity contribution < 1.29 is 18.7 Å². The maximum absolute atomic E-state index is 12.7. The molecule has 0 unspecified atom stereocenters. The topological polar surface area (TPSA) is 69.4 Å². The molecule has 0 aliphatic heterocycles. The molecular formula is C24H15NO4S. The average Bonchev–Trinajstić information content (AvgIpc) is 3.41. The SMILES string of the molecule is O=C(COC(=O)c1ccccc1-c1nc2ccccc2s1)c1cc2ccccc2o1. The van der Waals surface area contributed by atoms with Crippen molar-refractivity contribution in [2.24, 2.45) is 0 Å². The van der Waals surface area contributed by atoms with E-state index >= 15 is 0 Å². The Bertz CT molecular complexity index is 1330. The number of hydrogen-bond acceptors (Lipinski definition) is 6. The summed E-state index contributed by atoms with van der Waals surface area (Å²) < 4.78 is 11.9. The first-order chi connectivity index (χ1) is 14.7. The van der Waals surface area contributed by atoms with Gasteiger partial charge in [-0.05, 0) is 30.3 Å². The fraction of sp³-hybridized carbons (Fsp3) is 0.0417. The van der Waals surface area contributed by atoms with Gasteiger partial charge in [0.2, 0.25) is 5.78 Å². The number of rotatable bonds is 5. The maximum atomic E-state index is 12.7. The number of esters is 1. The number of para-hydroxylation sites is 2. The number of carbonyl (C=O) groups excluding carboxylic acids is 2. The van der Waals surface area contributed by atoms with E-state index in [1.54, 1.807) is 24.3 Å². The summed E-state index contributed by atoms with van der Waals surface area (Å²) in [5.41, 5.74) is 2.54. The highest BCUT2D eigenvalue weighted by atomic mass is 32.1. The second kappa shape index (κ2) is 7.57. The number of carbonyl (C=O) groups is 2. The van der Waals surface area contributed by atoms with Crippen LogP contribution in [0.15, 0.2) is 83.3 Å². The first-order valence-electron chi connectivity index (χ1n) is 9.33. The molecule has 3 aromatic carbocycles. The van der Waals surface area contributed by atoms with Gasteiger partial charge in [-0.15, -0.1) is 11.3 Å². The normalized spacial score (nSPS) is 11.1. The summed E-state index contributed by atoms with van der Waals surface area (Å²) >= 11 is 1.50. The van der Waals surface area contributed by atoms with E-state index in [1.807, 2.05) is 54.6 Å². The Labute approximate surface area is 175 Å². The van der Waals surface area contributed by atoms with E-state index < -0.39 is 18.4 Å². The lowest BCUT2D eigenvalue weighted by Gasteiger charge is -2.07. The van der Waals surface area contributed by atoms with E-state index in [0.29, 0.717) is 16.7 Å². The van der Waals surface area contributed by atoms with E-state index in [9.17, 15) is 9.59 Å². The van der Waals surface area contributed by atoms with Crippen LogP contribution in [0.25, 0.3) is 31.8 Å². The minimum atomic E-state index is -0.575. The predicted molar refractivity (Wildman–Crippen MR) is 116 cm³/mol. The Balaban J connectivity index is 1.37. The molecule has 5 aromatic rings. The minimum Gasteiger partial charge on any atom is -0.454 e. The Morgan fingerprint density at radius 3 is 2.57 bits per heavy atom. The van der Waals surface area contributed by atoms with Crippen LogP contribution in [-0.2, 0) is 4.74 Å². The summed E-state index contributed by atoms with van der Waals surface area (Å²) in [5.74, 6) is -0.796. The van der Waals surface area contributed by atoms with Crippen molar-refractivity contribution in [2.75, 3.05) is 6.61 Å². The van der Waals surface area contributed by atoms with Gasteiger partial charge in [-0.3, -0.25) is 4.79 Å². The monoisotopic (exact) mass is 413 g/mol. The molecule has 146 valence electrons. The summed E-state index contributed by atoms with van der Waals surface area (Å²) in [4.78, 5) is 29.8. The van der Waals surface area contributed by atoms with Crippen LogP contribution in [0.1, 0.15) is 20.9 Å². The number of nitrogens with zero attached hydrogens (tertiary/aromatic N) is 1. The summed E-state index contributed by atoms with van der Waals surface area (Å²) in [6.07, 6.45) is 0. The molecule has 0 atom stereocenters. The van der Waals surface area contributed by atoms with Gasteiger partial charge in [0.15, 0.2) is 12.4 Å². The zero-order valence-corrected chi connectivity index (χ0v) is 16.5. The molecule has 5 nitrogen and oxygen atoms in total. The number of benzene rings is 3. The van der Waals surface area contributed by atoms with Gasteiger partial charge in [0.25, 0.3) is 0 Å². The molecule has 0 fully saturated rings. The Morgan fingerprint density at radius 1 is 0.933 bits per heavy atom. The van der Waals surface area contributed by atoms with Gasteiger partial charge in [-0.2, -0.15) is 0 Å². The second-order valence-electron chi connectivity index (χ2n) is 6.68. The third-order valence-corrected chi connectivity index (χ3v) is 5.78. The van der Waals surface area contributed by atoms with Crippen molar-refractivity contribution in [1.82, 2.24) is 4.98 Å². The third-order valence-electron chi connectivity index (χ3n) is 4.71. The second-order valence-corrected chi connectivity index (χ2v) is 7.71. The number of ether oxygens (including phenoxy) is 1. The summed E-state index contributed by atoms with van der Waals surface area (Å²) in [7, 11) is 0. The molecule has 6 heteroatoms. The lowest BCUT2D eigenvalue weighted by Crippen LogP contribution is -2.14. The van der Waals surface area contributed by atoms with Crippen molar-refractivity contribution in [2.45, 2.75) is 0 Å². The molecule has 0 aliphatic rings. The van der Waals surface area contributed by atoms with Gasteiger partial charge in [0.1, 0.15) is 10.6 Å². The highest BCUT2D eigenvalue weighted by Gasteiger charge is 2.19. The molecule has 30 heavy (non-hydrogen) atoms. The summed E-state index contributed by atoms with van der Waals surface area (Å²) in [5, 5.41) is 1.56. The van der Waals surface area contributed by atoms with Crippen LogP contribution in [0, 0.1) is 0 Å². The molecule has 0 N–H and O–H groups in total. The molecule has 0 saturated carbocycles. The van der Waals surface area contributed by atoms with Crippen molar-refractivity contribution in [3.63, 3.8) is 0 Å². The highest BCUT2D eigenvalue weighted by molar-refractivity contribution is 7.21. The molecule has 0 amide bonds. The average molecular weight is 413 g/mol. The fourth-order valence-corrected chi connectivity index (χ4v) is 4.24. The fourth-order valence-electron chi connectivity index (χ4n) is 3.23. The molecule has 0 saturated heterocycles. The van der Waals surface area contributed by atoms with Gasteiger partial charge in [0.05, 0.1) is 15.8 Å². The molecule has 0 radical (unpaired) electrons. The van der Waals surface area contributed by atoms with Crippen LogP contribution < -0.4 is 0 Å². The van der Waals surface area contributed by atoms with Crippen molar-refractivity contribution in [1.29, 1.82) is 0 Å². The van der Waals surface area contributed by atoms with Gasteiger partial charge < -0.3 is 9.15 Å². The lowest BCUT2D eigenvalue weighted by molar-refractivity contribution is 0.0469. The molecule has 5 rings (SSSR count). The van der Waals surface area contributed by atoms with Crippen LogP contribution in [0.5, 0.6) is 0 Å². The Morgan fingerprint density at radius 2 is 1.70 bits per heavy atom. The number of furan rings is 1. The molecule has 2 heterocycles. The van der Waals surface area contributed by atoms with Crippen LogP contribution in [0.2, 0.25) is 0 Å². The predicted octanol–water partition coefficient (Wildman–Crippen LogP) is 5.75. The van der Waals surface area contributed by atoms with Crippen molar-refractivity contribution >= 4 is 44.3 Å². The largest absolute Gasteiger partial charge is 0.454 e. The number of fused-ring (bicyclic) bond motifs is 2. The van der Waals surface area contributed by atoms with Crippen LogP contribution >= 0.6 is 11.3 Å². The standard InChI is InChI=1S/C24H15NO4S/c26-19(21-13-15-7-1-5-11-20(15)29-21)14-28-24(27)17-9-3-2-8-16(17)23-25-18-10-4-6-12-22(18)30-23/h1-13H,14H2. The van der Waals surface area contributed by atoms with Gasteiger partial charge in [-0.25, -0.2) is 9.78 Å². The summed E-state index contributed by atoms with van der Waals surface area (Å²) in [6, 6.07) is 23.9. The number of thiazole rings is 1. The van der Waals surface area contributed by atoms with Gasteiger partial charge >= 0.3 is 5.97 Å². The zero-order chi connectivity index (χ0) is 20.5. The quantitative estimate of drug-likeness (QED) is 0.271. The zero-order valence-electron chi connectivity index (χ0n) is 15.7. The van der Waals surface area contributed by atoms with Crippen molar-refractivity contribution in [3.8, 4) is 10.6 Å². The minimum absolute atomic E-state index is 0.170. The number of ketones is 1. The Kier molecular flexibility index (Phi) is 4.61. The van der Waals surface area contributed by atoms with Crippen LogP contribution in [0.3, 0.4) is 0 Å². The van der Waals surface area contributed by atoms with Crippen molar-refractivity contribution in [3.05, 3.63) is 90.2 Å². The maximum Gasteiger partial charge on any atom is 0.339 e. The molecular weight excluding hydrogens is 398 g/mol. The molecule has 0 spiro atoms. The smallest absolute Gasteiger partial charge is 0.339 e. The van der Waals surface area contributed by atoms with Gasteiger partial charge in [0, 0.05) is 10.9 Å². The van der Waals surface area contributed by atoms with E-state index in [1.165, 1.54) is 11.3 Å². The number of hydrogen-bond donors (Lipinski definition) is 0. The molecule has 0 aliphatic carbocycles. The van der Waals surface area contributed by atoms with E-state index in [4.69, 9.17) is 9.15 Å². The first-order valence-corrected chi connectivity index (χ1v) is 10.1. The van der Waals surface area contributed by atoms with Crippen LogP contribution in [-0.4, -0.2) is 23.3 Å². The molecule has 2 aromatic heterocycles. The van der Waals surface area contributed by atoms with E-state index in [-0.39, 0.29) is 5.76 Å². The number of aromatic nitrogens is 1.